The number of amides is 1. The van der Waals surface area contributed by atoms with E-state index in [1.54, 1.807) is 18.2 Å². The van der Waals surface area contributed by atoms with Gasteiger partial charge in [0.25, 0.3) is 5.69 Å². The van der Waals surface area contributed by atoms with Gasteiger partial charge in [0.2, 0.25) is 5.91 Å². The van der Waals surface area contributed by atoms with Crippen molar-refractivity contribution in [3.05, 3.63) is 52.1 Å². The van der Waals surface area contributed by atoms with Crippen molar-refractivity contribution in [1.29, 1.82) is 0 Å². The largest absolute Gasteiger partial charge is 0.506 e. The summed E-state index contributed by atoms with van der Waals surface area (Å²) in [6.07, 6.45) is -0.0324. The molecule has 2 aromatic rings. The molecular formula is C16H16N2O6. The highest BCUT2D eigenvalue weighted by atomic mass is 16.6. The van der Waals surface area contributed by atoms with Gasteiger partial charge >= 0.3 is 0 Å². The van der Waals surface area contributed by atoms with Crippen LogP contribution >= 0.6 is 0 Å². The first-order valence-electron chi connectivity index (χ1n) is 6.92. The van der Waals surface area contributed by atoms with E-state index in [1.807, 2.05) is 0 Å². The number of nitro groups is 1. The van der Waals surface area contributed by atoms with Crippen LogP contribution in [0.3, 0.4) is 0 Å². The molecule has 2 rings (SSSR count). The molecule has 0 bridgehead atoms. The molecule has 2 N–H and O–H groups in total. The number of anilines is 1. The van der Waals surface area contributed by atoms with Gasteiger partial charge in [-0.15, -0.1) is 0 Å². The van der Waals surface area contributed by atoms with Crippen LogP contribution in [-0.4, -0.2) is 30.2 Å². The van der Waals surface area contributed by atoms with Crippen molar-refractivity contribution in [2.24, 2.45) is 0 Å². The lowest BCUT2D eigenvalue weighted by atomic mass is 10.1. The number of nitrogens with zero attached hydrogens (tertiary/aromatic N) is 1. The van der Waals surface area contributed by atoms with Crippen LogP contribution in [0.4, 0.5) is 11.4 Å². The van der Waals surface area contributed by atoms with Crippen molar-refractivity contribution in [3.63, 3.8) is 0 Å². The van der Waals surface area contributed by atoms with Gasteiger partial charge in [-0.3, -0.25) is 14.9 Å². The summed E-state index contributed by atoms with van der Waals surface area (Å²) in [6, 6.07) is 8.42. The Morgan fingerprint density at radius 1 is 1.21 bits per heavy atom. The van der Waals surface area contributed by atoms with Crippen LogP contribution in [0.25, 0.3) is 0 Å². The zero-order valence-corrected chi connectivity index (χ0v) is 13.1. The Kier molecular flexibility index (Phi) is 5.20. The van der Waals surface area contributed by atoms with Gasteiger partial charge in [-0.25, -0.2) is 0 Å². The van der Waals surface area contributed by atoms with Gasteiger partial charge in [0, 0.05) is 23.8 Å². The summed E-state index contributed by atoms with van der Waals surface area (Å²) in [5, 5.41) is 22.9. The number of methoxy groups -OCH3 is 2. The molecule has 0 fully saturated rings. The molecule has 0 heterocycles. The molecule has 1 amide bonds. The number of carbonyl (C=O) groups excluding carboxylic acids is 1. The molecule has 0 aromatic heterocycles. The van der Waals surface area contributed by atoms with Crippen LogP contribution in [-0.2, 0) is 11.2 Å². The van der Waals surface area contributed by atoms with Crippen molar-refractivity contribution in [1.82, 2.24) is 0 Å². The SMILES string of the molecule is COc1ccc(CC(=O)Nc2cc([N+](=O)[O-])ccc2O)c(OC)c1. The highest BCUT2D eigenvalue weighted by Gasteiger charge is 2.15. The first-order chi connectivity index (χ1) is 11.4. The fourth-order valence-corrected chi connectivity index (χ4v) is 2.10. The van der Waals surface area contributed by atoms with E-state index in [0.29, 0.717) is 17.1 Å². The third kappa shape index (κ3) is 3.92. The van der Waals surface area contributed by atoms with Crippen molar-refractivity contribution < 1.29 is 24.3 Å². The Morgan fingerprint density at radius 2 is 1.96 bits per heavy atom. The van der Waals surface area contributed by atoms with Crippen LogP contribution in [0.15, 0.2) is 36.4 Å². The van der Waals surface area contributed by atoms with E-state index in [2.05, 4.69) is 5.32 Å². The summed E-state index contributed by atoms with van der Waals surface area (Å²) in [7, 11) is 2.99. The number of benzene rings is 2. The first-order valence-corrected chi connectivity index (χ1v) is 6.92. The second-order valence-electron chi connectivity index (χ2n) is 4.86. The number of hydrogen-bond donors (Lipinski definition) is 2. The molecule has 8 nitrogen and oxygen atoms in total. The molecule has 8 heteroatoms. The lowest BCUT2D eigenvalue weighted by molar-refractivity contribution is -0.384. The molecule has 0 saturated carbocycles. The summed E-state index contributed by atoms with van der Waals surface area (Å²) in [5.74, 6) is 0.366. The van der Waals surface area contributed by atoms with Crippen LogP contribution in [0.2, 0.25) is 0 Å². The Bertz CT molecular complexity index is 775. The smallest absolute Gasteiger partial charge is 0.271 e. The number of phenolic OH excluding ortho intramolecular Hbond substituents is 1. The monoisotopic (exact) mass is 332 g/mol. The molecular weight excluding hydrogens is 316 g/mol. The van der Waals surface area contributed by atoms with Crippen LogP contribution in [0.5, 0.6) is 17.2 Å². The minimum Gasteiger partial charge on any atom is -0.506 e. The zero-order chi connectivity index (χ0) is 17.7. The number of ether oxygens (including phenoxy) is 2. The van der Waals surface area contributed by atoms with E-state index in [9.17, 15) is 20.0 Å². The second-order valence-corrected chi connectivity index (χ2v) is 4.86. The maximum atomic E-state index is 12.2. The Hall–Kier alpha value is -3.29. The van der Waals surface area contributed by atoms with Crippen LogP contribution in [0.1, 0.15) is 5.56 Å². The molecule has 0 spiro atoms. The number of carbonyl (C=O) groups is 1. The number of hydrogen-bond acceptors (Lipinski definition) is 6. The lowest BCUT2D eigenvalue weighted by Crippen LogP contribution is -2.15. The van der Waals surface area contributed by atoms with E-state index in [-0.39, 0.29) is 23.5 Å². The van der Waals surface area contributed by atoms with Gasteiger partial charge in [0.1, 0.15) is 17.2 Å². The number of aromatic hydroxyl groups is 1. The third-order valence-corrected chi connectivity index (χ3v) is 3.31. The fraction of sp³-hybridized carbons (Fsp3) is 0.188. The summed E-state index contributed by atoms with van der Waals surface area (Å²) in [6.45, 7) is 0. The minimum absolute atomic E-state index is 0.0262. The van der Waals surface area contributed by atoms with E-state index >= 15 is 0 Å². The van der Waals surface area contributed by atoms with Crippen molar-refractivity contribution >= 4 is 17.3 Å². The van der Waals surface area contributed by atoms with Gasteiger partial charge in [-0.1, -0.05) is 6.07 Å². The Morgan fingerprint density at radius 3 is 2.58 bits per heavy atom. The van der Waals surface area contributed by atoms with Crippen LogP contribution < -0.4 is 14.8 Å². The maximum absolute atomic E-state index is 12.2. The highest BCUT2D eigenvalue weighted by Crippen LogP contribution is 2.29. The van der Waals surface area contributed by atoms with E-state index < -0.39 is 10.8 Å². The zero-order valence-electron chi connectivity index (χ0n) is 13.1. The van der Waals surface area contributed by atoms with Gasteiger partial charge in [0.05, 0.1) is 31.3 Å². The average Bonchev–Trinajstić information content (AvgIpc) is 2.56. The van der Waals surface area contributed by atoms with Crippen molar-refractivity contribution in [3.8, 4) is 17.2 Å². The Balaban J connectivity index is 2.17. The molecule has 0 radical (unpaired) electrons. The Labute approximate surface area is 137 Å². The molecule has 0 unspecified atom stereocenters. The second kappa shape index (κ2) is 7.32. The van der Waals surface area contributed by atoms with Crippen LogP contribution in [0, 0.1) is 10.1 Å². The highest BCUT2D eigenvalue weighted by molar-refractivity contribution is 5.94. The summed E-state index contributed by atoms with van der Waals surface area (Å²) in [5.41, 5.74) is 0.354. The summed E-state index contributed by atoms with van der Waals surface area (Å²) < 4.78 is 10.3. The molecule has 0 aliphatic carbocycles. The molecule has 0 atom stereocenters. The number of nitro benzene ring substituents is 1. The predicted octanol–water partition coefficient (Wildman–Crippen LogP) is 2.50. The number of non-ortho nitro benzene ring substituents is 1. The van der Waals surface area contributed by atoms with Gasteiger partial charge in [0.15, 0.2) is 0 Å². The average molecular weight is 332 g/mol. The standard InChI is InChI=1S/C16H16N2O6/c1-23-12-5-3-10(15(9-12)24-2)7-16(20)17-13-8-11(18(21)22)4-6-14(13)19/h3-6,8-9,19H,7H2,1-2H3,(H,17,20). The molecule has 2 aromatic carbocycles. The predicted molar refractivity (Wildman–Crippen MR) is 86.6 cm³/mol. The molecule has 24 heavy (non-hydrogen) atoms. The molecule has 0 aliphatic rings. The topological polar surface area (TPSA) is 111 Å². The summed E-state index contributed by atoms with van der Waals surface area (Å²) in [4.78, 5) is 22.3. The third-order valence-electron chi connectivity index (χ3n) is 3.31. The van der Waals surface area contributed by atoms with Gasteiger partial charge in [-0.2, -0.15) is 0 Å². The quantitative estimate of drug-likeness (QED) is 0.477. The normalized spacial score (nSPS) is 10.1. The maximum Gasteiger partial charge on any atom is 0.271 e. The molecule has 0 saturated heterocycles. The van der Waals surface area contributed by atoms with Gasteiger partial charge < -0.3 is 19.9 Å². The number of phenols is 1. The van der Waals surface area contributed by atoms with E-state index in [4.69, 9.17) is 9.47 Å². The van der Waals surface area contributed by atoms with E-state index in [1.165, 1.54) is 14.2 Å². The molecule has 0 aliphatic heterocycles. The fourth-order valence-electron chi connectivity index (χ4n) is 2.10. The van der Waals surface area contributed by atoms with Crippen molar-refractivity contribution in [2.45, 2.75) is 6.42 Å². The van der Waals surface area contributed by atoms with Crippen molar-refractivity contribution in [2.75, 3.05) is 19.5 Å². The minimum atomic E-state index is -0.610. The summed E-state index contributed by atoms with van der Waals surface area (Å²) >= 11 is 0. The van der Waals surface area contributed by atoms with E-state index in [0.717, 1.165) is 18.2 Å². The number of rotatable bonds is 6. The lowest BCUT2D eigenvalue weighted by Gasteiger charge is -2.11. The number of nitrogens with one attached hydrogen (secondary N) is 1. The first kappa shape index (κ1) is 17.1. The molecule has 126 valence electrons. The van der Waals surface area contributed by atoms with Gasteiger partial charge in [-0.05, 0) is 12.1 Å².